The summed E-state index contributed by atoms with van der Waals surface area (Å²) in [5.41, 5.74) is 0.0366. The molecule has 1 aromatic carbocycles. The van der Waals surface area contributed by atoms with Crippen LogP contribution in [0.5, 0.6) is 5.75 Å². The van der Waals surface area contributed by atoms with Gasteiger partial charge >= 0.3 is 0 Å². The van der Waals surface area contributed by atoms with E-state index in [1.807, 2.05) is 6.92 Å². The van der Waals surface area contributed by atoms with E-state index < -0.39 is 11.9 Å². The molecular formula is C12H15FO3. The molecule has 4 heteroatoms. The van der Waals surface area contributed by atoms with Crippen LogP contribution in [0.3, 0.4) is 0 Å². The average Bonchev–Trinajstić information content (AvgIpc) is 2.30. The van der Waals surface area contributed by atoms with Crippen LogP contribution in [0.15, 0.2) is 18.2 Å². The highest BCUT2D eigenvalue weighted by Crippen LogP contribution is 2.18. The maximum absolute atomic E-state index is 13.6. The van der Waals surface area contributed by atoms with Gasteiger partial charge in [-0.05, 0) is 18.6 Å². The Bertz CT molecular complexity index is 373. The minimum atomic E-state index is -0.595. The van der Waals surface area contributed by atoms with Crippen molar-refractivity contribution in [3.8, 4) is 5.75 Å². The summed E-state index contributed by atoms with van der Waals surface area (Å²) in [5.74, 6) is -0.537. The summed E-state index contributed by atoms with van der Waals surface area (Å²) in [6.45, 7) is 1.81. The number of hydrogen-bond donors (Lipinski definition) is 0. The molecule has 1 unspecified atom stereocenters. The van der Waals surface area contributed by atoms with Gasteiger partial charge in [0.05, 0.1) is 12.7 Å². The van der Waals surface area contributed by atoms with Gasteiger partial charge in [0.2, 0.25) is 0 Å². The molecule has 0 aromatic heterocycles. The average molecular weight is 226 g/mol. The van der Waals surface area contributed by atoms with Gasteiger partial charge in [0.1, 0.15) is 17.7 Å². The first-order valence-corrected chi connectivity index (χ1v) is 5.04. The molecule has 0 aliphatic carbocycles. The molecule has 0 N–H and O–H groups in total. The van der Waals surface area contributed by atoms with Crippen molar-refractivity contribution in [1.82, 2.24) is 0 Å². The lowest BCUT2D eigenvalue weighted by Crippen LogP contribution is -2.23. The van der Waals surface area contributed by atoms with Gasteiger partial charge in [-0.1, -0.05) is 6.92 Å². The van der Waals surface area contributed by atoms with E-state index in [4.69, 9.17) is 9.47 Å². The van der Waals surface area contributed by atoms with E-state index in [0.717, 1.165) is 0 Å². The predicted octanol–water partition coefficient (Wildman–Crippen LogP) is 2.44. The maximum atomic E-state index is 13.6. The molecule has 0 aliphatic heterocycles. The molecule has 0 spiro atoms. The lowest BCUT2D eigenvalue weighted by molar-refractivity contribution is 0.0591. The van der Waals surface area contributed by atoms with E-state index in [1.165, 1.54) is 26.4 Å². The number of halogens is 1. The molecule has 0 heterocycles. The second kappa shape index (κ2) is 5.61. The van der Waals surface area contributed by atoms with Gasteiger partial charge in [0, 0.05) is 13.2 Å². The third-order valence-electron chi connectivity index (χ3n) is 2.39. The smallest absolute Gasteiger partial charge is 0.194 e. The van der Waals surface area contributed by atoms with Gasteiger partial charge in [-0.25, -0.2) is 4.39 Å². The molecule has 0 fully saturated rings. The zero-order chi connectivity index (χ0) is 12.1. The zero-order valence-corrected chi connectivity index (χ0v) is 9.62. The number of hydrogen-bond acceptors (Lipinski definition) is 3. The van der Waals surface area contributed by atoms with Crippen LogP contribution in [0.2, 0.25) is 0 Å². The van der Waals surface area contributed by atoms with Crippen LogP contribution >= 0.6 is 0 Å². The molecule has 0 saturated heterocycles. The van der Waals surface area contributed by atoms with Crippen molar-refractivity contribution in [2.45, 2.75) is 19.4 Å². The molecule has 1 aromatic rings. The van der Waals surface area contributed by atoms with Crippen LogP contribution in [-0.4, -0.2) is 26.1 Å². The maximum Gasteiger partial charge on any atom is 0.194 e. The predicted molar refractivity (Wildman–Crippen MR) is 58.4 cm³/mol. The quantitative estimate of drug-likeness (QED) is 0.723. The summed E-state index contributed by atoms with van der Waals surface area (Å²) in [5, 5.41) is 0. The Labute approximate surface area is 94.2 Å². The van der Waals surface area contributed by atoms with E-state index in [1.54, 1.807) is 6.07 Å². The van der Waals surface area contributed by atoms with E-state index in [9.17, 15) is 9.18 Å². The normalized spacial score (nSPS) is 12.2. The molecule has 3 nitrogen and oxygen atoms in total. The van der Waals surface area contributed by atoms with Crippen LogP contribution in [0.4, 0.5) is 4.39 Å². The van der Waals surface area contributed by atoms with Crippen LogP contribution < -0.4 is 4.74 Å². The molecule has 0 aliphatic rings. The molecule has 88 valence electrons. The first-order valence-electron chi connectivity index (χ1n) is 5.04. The number of methoxy groups -OCH3 is 2. The summed E-state index contributed by atoms with van der Waals surface area (Å²) in [6.07, 6.45) is -0.0799. The minimum Gasteiger partial charge on any atom is -0.497 e. The molecule has 0 saturated carbocycles. The first-order chi connectivity index (χ1) is 7.63. The Balaban J connectivity index is 3.00. The highest BCUT2D eigenvalue weighted by atomic mass is 19.1. The molecular weight excluding hydrogens is 211 g/mol. The van der Waals surface area contributed by atoms with Gasteiger partial charge in [0.25, 0.3) is 0 Å². The molecule has 1 rings (SSSR count). The van der Waals surface area contributed by atoms with Crippen molar-refractivity contribution in [3.05, 3.63) is 29.6 Å². The van der Waals surface area contributed by atoms with Gasteiger partial charge in [-0.3, -0.25) is 4.79 Å². The largest absolute Gasteiger partial charge is 0.497 e. The highest BCUT2D eigenvalue weighted by Gasteiger charge is 2.20. The Kier molecular flexibility index (Phi) is 4.43. The zero-order valence-electron chi connectivity index (χ0n) is 9.62. The lowest BCUT2D eigenvalue weighted by Gasteiger charge is -2.12. The number of benzene rings is 1. The number of ether oxygens (including phenoxy) is 2. The van der Waals surface area contributed by atoms with E-state index in [0.29, 0.717) is 12.2 Å². The van der Waals surface area contributed by atoms with Crippen LogP contribution in [0.25, 0.3) is 0 Å². The monoisotopic (exact) mass is 226 g/mol. The second-order valence-electron chi connectivity index (χ2n) is 3.34. The third kappa shape index (κ3) is 2.58. The number of ketones is 1. The standard InChI is InChI=1S/C12H15FO3/c1-4-11(16-3)12(14)9-6-5-8(15-2)7-10(9)13/h5-7,11H,4H2,1-3H3. The summed E-state index contributed by atoms with van der Waals surface area (Å²) in [4.78, 5) is 11.8. The molecule has 16 heavy (non-hydrogen) atoms. The minimum absolute atomic E-state index is 0.0366. The van der Waals surface area contributed by atoms with Crippen LogP contribution in [-0.2, 0) is 4.74 Å². The Morgan fingerprint density at radius 3 is 2.56 bits per heavy atom. The molecule has 0 amide bonds. The van der Waals surface area contributed by atoms with Gasteiger partial charge < -0.3 is 9.47 Å². The molecule has 1 atom stereocenters. The third-order valence-corrected chi connectivity index (χ3v) is 2.39. The Hall–Kier alpha value is -1.42. The number of rotatable bonds is 5. The van der Waals surface area contributed by atoms with E-state index in [-0.39, 0.29) is 11.3 Å². The summed E-state index contributed by atoms with van der Waals surface area (Å²) in [7, 11) is 2.88. The van der Waals surface area contributed by atoms with Crippen molar-refractivity contribution in [2.24, 2.45) is 0 Å². The van der Waals surface area contributed by atoms with E-state index >= 15 is 0 Å². The van der Waals surface area contributed by atoms with Gasteiger partial charge in [-0.15, -0.1) is 0 Å². The number of Topliss-reactive ketones (excluding diaryl/α,β-unsaturated/α-hetero) is 1. The SMILES string of the molecule is CCC(OC)C(=O)c1ccc(OC)cc1F. The number of carbonyl (C=O) groups excluding carboxylic acids is 1. The number of carbonyl (C=O) groups is 1. The van der Waals surface area contributed by atoms with E-state index in [2.05, 4.69) is 0 Å². The van der Waals surface area contributed by atoms with Crippen LogP contribution in [0.1, 0.15) is 23.7 Å². The lowest BCUT2D eigenvalue weighted by atomic mass is 10.0. The topological polar surface area (TPSA) is 35.5 Å². The van der Waals surface area contributed by atoms with Crippen molar-refractivity contribution < 1.29 is 18.7 Å². The van der Waals surface area contributed by atoms with Crippen molar-refractivity contribution in [1.29, 1.82) is 0 Å². The fraction of sp³-hybridized carbons (Fsp3) is 0.417. The van der Waals surface area contributed by atoms with Crippen LogP contribution in [0, 0.1) is 5.82 Å². The fourth-order valence-electron chi connectivity index (χ4n) is 1.46. The molecule has 0 bridgehead atoms. The van der Waals surface area contributed by atoms with Crippen molar-refractivity contribution in [2.75, 3.05) is 14.2 Å². The summed E-state index contributed by atoms with van der Waals surface area (Å²) in [6, 6.07) is 4.16. The van der Waals surface area contributed by atoms with Gasteiger partial charge in [0.15, 0.2) is 5.78 Å². The summed E-state index contributed by atoms with van der Waals surface area (Å²) >= 11 is 0. The van der Waals surface area contributed by atoms with Crippen molar-refractivity contribution in [3.63, 3.8) is 0 Å². The Morgan fingerprint density at radius 2 is 2.12 bits per heavy atom. The Morgan fingerprint density at radius 1 is 1.44 bits per heavy atom. The second-order valence-corrected chi connectivity index (χ2v) is 3.34. The summed E-state index contributed by atoms with van der Waals surface area (Å²) < 4.78 is 23.4. The first kappa shape index (κ1) is 12.6. The van der Waals surface area contributed by atoms with Crippen molar-refractivity contribution >= 4 is 5.78 Å². The fourth-order valence-corrected chi connectivity index (χ4v) is 1.46. The van der Waals surface area contributed by atoms with Gasteiger partial charge in [-0.2, -0.15) is 0 Å². The molecule has 0 radical (unpaired) electrons. The highest BCUT2D eigenvalue weighted by molar-refractivity contribution is 5.99.